The summed E-state index contributed by atoms with van der Waals surface area (Å²) < 4.78 is 0. The van der Waals surface area contributed by atoms with Gasteiger partial charge in [0.05, 0.1) is 0 Å². The quantitative estimate of drug-likeness (QED) is 0.552. The van der Waals surface area contributed by atoms with Crippen molar-refractivity contribution in [1.82, 2.24) is 0 Å². The molecule has 0 aliphatic rings. The third-order valence-electron chi connectivity index (χ3n) is 2.77. The maximum atomic E-state index is 10.7. The SMILES string of the molecule is N=C(N)C(O)(c1ccccc1)c1ccccc1. The van der Waals surface area contributed by atoms with Gasteiger partial charge in [0.15, 0.2) is 5.60 Å². The molecule has 0 unspecified atom stereocenters. The van der Waals surface area contributed by atoms with E-state index in [1.807, 2.05) is 36.4 Å². The molecule has 0 fully saturated rings. The smallest absolute Gasteiger partial charge is 0.171 e. The number of rotatable bonds is 3. The van der Waals surface area contributed by atoms with Crippen LogP contribution >= 0.6 is 0 Å². The lowest BCUT2D eigenvalue weighted by Gasteiger charge is -2.27. The highest BCUT2D eigenvalue weighted by Gasteiger charge is 2.34. The largest absolute Gasteiger partial charge is 0.385 e. The van der Waals surface area contributed by atoms with Crippen molar-refractivity contribution in [1.29, 1.82) is 5.41 Å². The van der Waals surface area contributed by atoms with Crippen LogP contribution in [0.4, 0.5) is 0 Å². The van der Waals surface area contributed by atoms with E-state index in [4.69, 9.17) is 11.1 Å². The third kappa shape index (κ3) is 1.92. The molecule has 17 heavy (non-hydrogen) atoms. The molecule has 2 aromatic carbocycles. The average molecular weight is 226 g/mol. The molecule has 0 heterocycles. The van der Waals surface area contributed by atoms with Gasteiger partial charge in [-0.2, -0.15) is 0 Å². The average Bonchev–Trinajstić information content (AvgIpc) is 2.39. The van der Waals surface area contributed by atoms with E-state index in [2.05, 4.69) is 0 Å². The number of hydrogen-bond donors (Lipinski definition) is 3. The van der Waals surface area contributed by atoms with Gasteiger partial charge in [-0.15, -0.1) is 0 Å². The molecular weight excluding hydrogens is 212 g/mol. The fourth-order valence-electron chi connectivity index (χ4n) is 1.84. The number of aliphatic hydroxyl groups is 1. The molecule has 4 N–H and O–H groups in total. The highest BCUT2D eigenvalue weighted by atomic mass is 16.3. The van der Waals surface area contributed by atoms with E-state index in [1.165, 1.54) is 0 Å². The third-order valence-corrected chi connectivity index (χ3v) is 2.77. The van der Waals surface area contributed by atoms with Crippen molar-refractivity contribution in [2.45, 2.75) is 5.60 Å². The minimum absolute atomic E-state index is 0.282. The zero-order valence-electron chi connectivity index (χ0n) is 9.30. The standard InChI is InChI=1S/C14H14N2O/c15-13(16)14(17,11-7-3-1-4-8-11)12-9-5-2-6-10-12/h1-10,17H,(H3,15,16). The number of amidine groups is 1. The van der Waals surface area contributed by atoms with E-state index in [-0.39, 0.29) is 5.84 Å². The van der Waals surface area contributed by atoms with E-state index < -0.39 is 5.60 Å². The van der Waals surface area contributed by atoms with Crippen molar-refractivity contribution in [3.63, 3.8) is 0 Å². The Morgan fingerprint density at radius 2 is 1.24 bits per heavy atom. The summed E-state index contributed by atoms with van der Waals surface area (Å²) in [7, 11) is 0. The highest BCUT2D eigenvalue weighted by Crippen LogP contribution is 2.29. The van der Waals surface area contributed by atoms with Gasteiger partial charge in [-0.3, -0.25) is 5.41 Å². The number of hydrogen-bond acceptors (Lipinski definition) is 2. The van der Waals surface area contributed by atoms with Gasteiger partial charge in [-0.1, -0.05) is 60.7 Å². The van der Waals surface area contributed by atoms with Crippen LogP contribution in [0.5, 0.6) is 0 Å². The van der Waals surface area contributed by atoms with E-state index in [0.717, 1.165) is 0 Å². The Morgan fingerprint density at radius 1 is 0.882 bits per heavy atom. The van der Waals surface area contributed by atoms with Gasteiger partial charge in [0.1, 0.15) is 5.84 Å². The molecule has 0 amide bonds. The zero-order valence-corrected chi connectivity index (χ0v) is 9.30. The summed E-state index contributed by atoms with van der Waals surface area (Å²) in [6.07, 6.45) is 0. The Balaban J connectivity index is 2.59. The van der Waals surface area contributed by atoms with E-state index in [1.54, 1.807) is 24.3 Å². The first-order chi connectivity index (χ1) is 8.15. The van der Waals surface area contributed by atoms with Gasteiger partial charge in [0.2, 0.25) is 0 Å². The van der Waals surface area contributed by atoms with Crippen molar-refractivity contribution in [2.75, 3.05) is 0 Å². The predicted molar refractivity (Wildman–Crippen MR) is 67.8 cm³/mol. The van der Waals surface area contributed by atoms with Gasteiger partial charge >= 0.3 is 0 Å². The first-order valence-electron chi connectivity index (χ1n) is 5.33. The Bertz CT molecular complexity index is 469. The molecule has 0 aliphatic carbocycles. The molecule has 0 aromatic heterocycles. The summed E-state index contributed by atoms with van der Waals surface area (Å²) in [5.41, 5.74) is 5.21. The fraction of sp³-hybridized carbons (Fsp3) is 0.0714. The normalized spacial score (nSPS) is 11.1. The first kappa shape index (κ1) is 11.4. The Morgan fingerprint density at radius 3 is 1.53 bits per heavy atom. The van der Waals surface area contributed by atoms with Crippen LogP contribution in [-0.4, -0.2) is 10.9 Å². The van der Waals surface area contributed by atoms with Crippen LogP contribution < -0.4 is 5.73 Å². The van der Waals surface area contributed by atoms with Crippen molar-refractivity contribution in [2.24, 2.45) is 5.73 Å². The van der Waals surface area contributed by atoms with Crippen LogP contribution in [0.1, 0.15) is 11.1 Å². The lowest BCUT2D eigenvalue weighted by Crippen LogP contribution is -2.41. The van der Waals surface area contributed by atoms with Crippen molar-refractivity contribution in [3.05, 3.63) is 71.8 Å². The molecule has 0 saturated carbocycles. The van der Waals surface area contributed by atoms with Crippen LogP contribution in [0.3, 0.4) is 0 Å². The number of benzene rings is 2. The van der Waals surface area contributed by atoms with Gasteiger partial charge in [-0.05, 0) is 11.1 Å². The summed E-state index contributed by atoms with van der Waals surface area (Å²) >= 11 is 0. The van der Waals surface area contributed by atoms with E-state index >= 15 is 0 Å². The maximum absolute atomic E-state index is 10.7. The summed E-state index contributed by atoms with van der Waals surface area (Å²) in [5.74, 6) is -0.282. The molecule has 0 saturated heterocycles. The van der Waals surface area contributed by atoms with Gasteiger partial charge in [0.25, 0.3) is 0 Å². The lowest BCUT2D eigenvalue weighted by molar-refractivity contribution is 0.153. The molecule has 3 nitrogen and oxygen atoms in total. The number of nitrogens with one attached hydrogen (secondary N) is 1. The van der Waals surface area contributed by atoms with Crippen LogP contribution in [0.25, 0.3) is 0 Å². The molecule has 0 spiro atoms. The molecule has 0 atom stereocenters. The maximum Gasteiger partial charge on any atom is 0.171 e. The first-order valence-corrected chi connectivity index (χ1v) is 5.33. The van der Waals surface area contributed by atoms with Gasteiger partial charge < -0.3 is 10.8 Å². The van der Waals surface area contributed by atoms with Crippen LogP contribution in [0.15, 0.2) is 60.7 Å². The minimum Gasteiger partial charge on any atom is -0.385 e. The van der Waals surface area contributed by atoms with Gasteiger partial charge in [-0.25, -0.2) is 0 Å². The van der Waals surface area contributed by atoms with Gasteiger partial charge in [0, 0.05) is 0 Å². The van der Waals surface area contributed by atoms with Crippen molar-refractivity contribution < 1.29 is 5.11 Å². The summed E-state index contributed by atoms with van der Waals surface area (Å²) in [6, 6.07) is 18.0. The second-order valence-electron chi connectivity index (χ2n) is 3.86. The van der Waals surface area contributed by atoms with Crippen molar-refractivity contribution >= 4 is 5.84 Å². The highest BCUT2D eigenvalue weighted by molar-refractivity contribution is 5.90. The molecule has 2 rings (SSSR count). The Kier molecular flexibility index (Phi) is 2.93. The number of nitrogens with two attached hydrogens (primary N) is 1. The van der Waals surface area contributed by atoms with E-state index in [9.17, 15) is 5.11 Å². The van der Waals surface area contributed by atoms with Crippen LogP contribution in [0.2, 0.25) is 0 Å². The fourth-order valence-corrected chi connectivity index (χ4v) is 1.84. The lowest BCUT2D eigenvalue weighted by atomic mass is 9.85. The van der Waals surface area contributed by atoms with Crippen molar-refractivity contribution in [3.8, 4) is 0 Å². The van der Waals surface area contributed by atoms with Crippen LogP contribution in [-0.2, 0) is 5.60 Å². The molecule has 0 bridgehead atoms. The topological polar surface area (TPSA) is 70.1 Å². The predicted octanol–water partition coefficient (Wildman–Crippen LogP) is 1.86. The molecule has 86 valence electrons. The molecule has 3 heteroatoms. The second-order valence-corrected chi connectivity index (χ2v) is 3.86. The summed E-state index contributed by atoms with van der Waals surface area (Å²) in [6.45, 7) is 0. The molecule has 2 aromatic rings. The Labute approximate surface area is 100 Å². The summed E-state index contributed by atoms with van der Waals surface area (Å²) in [4.78, 5) is 0. The zero-order chi connectivity index (χ0) is 12.3. The van der Waals surface area contributed by atoms with Crippen LogP contribution in [0, 0.1) is 5.41 Å². The second kappa shape index (κ2) is 4.39. The minimum atomic E-state index is -1.55. The monoisotopic (exact) mass is 226 g/mol. The molecular formula is C14H14N2O. The summed E-state index contributed by atoms with van der Waals surface area (Å²) in [5, 5.41) is 18.3. The molecule has 0 aliphatic heterocycles. The molecule has 0 radical (unpaired) electrons. The Hall–Kier alpha value is -2.13. The van der Waals surface area contributed by atoms with E-state index in [0.29, 0.717) is 11.1 Å².